The SMILES string of the molecule is C=C(C1CCCCC1)N(C)/N=C/C.CCCC(C)C1CCC(SC)C1.CSC1CCC(C(C)C2CCCC2)C1.CSC1CCC(CNS(N)(=O)=O)C1. The summed E-state index contributed by atoms with van der Waals surface area (Å²) in [6, 6.07) is 0. The largest absolute Gasteiger partial charge is 0.274 e. The molecule has 6 nitrogen and oxygen atoms in total. The van der Waals surface area contributed by atoms with Crippen LogP contribution in [0.25, 0.3) is 0 Å². The Morgan fingerprint density at radius 3 is 1.83 bits per heavy atom. The van der Waals surface area contributed by atoms with Crippen molar-refractivity contribution in [1.29, 1.82) is 0 Å². The van der Waals surface area contributed by atoms with E-state index in [9.17, 15) is 8.42 Å². The monoisotopic (exact) mass is 803 g/mol. The highest BCUT2D eigenvalue weighted by molar-refractivity contribution is 7.99. The minimum Gasteiger partial charge on any atom is -0.273 e. The smallest absolute Gasteiger partial charge is 0.273 e. The predicted molar refractivity (Wildman–Crippen MR) is 238 cm³/mol. The molecule has 0 saturated heterocycles. The molecule has 5 aliphatic carbocycles. The van der Waals surface area contributed by atoms with E-state index in [0.29, 0.717) is 23.6 Å². The van der Waals surface area contributed by atoms with Crippen LogP contribution in [0.2, 0.25) is 0 Å². The lowest BCUT2D eigenvalue weighted by Gasteiger charge is -2.27. The summed E-state index contributed by atoms with van der Waals surface area (Å²) in [6.07, 6.45) is 36.4. The van der Waals surface area contributed by atoms with E-state index < -0.39 is 10.2 Å². The normalized spacial score (nSPS) is 29.4. The molecule has 5 fully saturated rings. The molecule has 10 heteroatoms. The fourth-order valence-corrected chi connectivity index (χ4v) is 12.5. The Balaban J connectivity index is 0.000000241. The van der Waals surface area contributed by atoms with E-state index in [2.05, 4.69) is 79.5 Å². The van der Waals surface area contributed by atoms with Gasteiger partial charge in [-0.1, -0.05) is 85.1 Å². The number of rotatable bonds is 14. The average Bonchev–Trinajstić information content (AvgIpc) is 3.99. The van der Waals surface area contributed by atoms with Gasteiger partial charge in [0.25, 0.3) is 10.2 Å². The third-order valence-electron chi connectivity index (χ3n) is 13.1. The number of thioether (sulfide) groups is 3. The van der Waals surface area contributed by atoms with E-state index in [1.165, 1.54) is 121 Å². The van der Waals surface area contributed by atoms with Gasteiger partial charge in [-0.05, 0) is 132 Å². The summed E-state index contributed by atoms with van der Waals surface area (Å²) >= 11 is 6.03. The molecule has 0 radical (unpaired) electrons. The Morgan fingerprint density at radius 1 is 0.808 bits per heavy atom. The molecule has 0 spiro atoms. The Morgan fingerprint density at radius 2 is 1.33 bits per heavy atom. The molecule has 0 bridgehead atoms. The Hall–Kier alpha value is 0.130. The fraction of sp³-hybridized carbons (Fsp3) is 0.929. The van der Waals surface area contributed by atoms with Crippen LogP contribution >= 0.6 is 35.3 Å². The van der Waals surface area contributed by atoms with Gasteiger partial charge in [0.1, 0.15) is 0 Å². The molecule has 306 valence electrons. The maximum Gasteiger partial charge on any atom is 0.274 e. The first-order valence-electron chi connectivity index (χ1n) is 21.1. The molecule has 0 heterocycles. The van der Waals surface area contributed by atoms with Crippen LogP contribution in [0.4, 0.5) is 0 Å². The molecule has 0 aromatic carbocycles. The first kappa shape index (κ1) is 48.3. The number of nitrogens with zero attached hydrogens (tertiary/aromatic N) is 2. The summed E-state index contributed by atoms with van der Waals surface area (Å²) in [7, 11) is -1.51. The van der Waals surface area contributed by atoms with Gasteiger partial charge in [0, 0.05) is 47.2 Å². The molecule has 5 saturated carbocycles. The molecular formula is C42H82N4O2S4. The molecular weight excluding hydrogens is 721 g/mol. The van der Waals surface area contributed by atoms with Crippen molar-refractivity contribution in [3.05, 3.63) is 12.3 Å². The van der Waals surface area contributed by atoms with Gasteiger partial charge in [0.05, 0.1) is 0 Å². The van der Waals surface area contributed by atoms with Crippen molar-refractivity contribution in [3.63, 3.8) is 0 Å². The Bertz CT molecular complexity index is 1080. The lowest BCUT2D eigenvalue weighted by molar-refractivity contribution is 0.254. The van der Waals surface area contributed by atoms with Gasteiger partial charge in [-0.25, -0.2) is 9.86 Å². The zero-order valence-corrected chi connectivity index (χ0v) is 38.1. The molecule has 8 atom stereocenters. The van der Waals surface area contributed by atoms with Crippen molar-refractivity contribution >= 4 is 51.7 Å². The molecule has 52 heavy (non-hydrogen) atoms. The summed E-state index contributed by atoms with van der Waals surface area (Å²) in [5.41, 5.74) is 1.18. The van der Waals surface area contributed by atoms with Crippen LogP contribution in [0.5, 0.6) is 0 Å². The third-order valence-corrected chi connectivity index (χ3v) is 17.0. The highest BCUT2D eigenvalue weighted by atomic mass is 32.2. The highest BCUT2D eigenvalue weighted by Crippen LogP contribution is 2.44. The van der Waals surface area contributed by atoms with E-state index in [0.717, 1.165) is 52.9 Å². The van der Waals surface area contributed by atoms with Crippen molar-refractivity contribution in [1.82, 2.24) is 9.73 Å². The molecule has 5 rings (SSSR count). The molecule has 5 aliphatic rings. The zero-order chi connectivity index (χ0) is 38.5. The number of nitrogens with one attached hydrogen (secondary N) is 1. The van der Waals surface area contributed by atoms with Crippen LogP contribution < -0.4 is 9.86 Å². The number of allylic oxidation sites excluding steroid dienone is 1. The molecule has 0 aromatic rings. The van der Waals surface area contributed by atoms with Crippen LogP contribution in [-0.2, 0) is 10.2 Å². The minimum absolute atomic E-state index is 0.468. The first-order chi connectivity index (χ1) is 24.8. The van der Waals surface area contributed by atoms with Crippen LogP contribution in [0.1, 0.15) is 156 Å². The van der Waals surface area contributed by atoms with Crippen molar-refractivity contribution < 1.29 is 8.42 Å². The Kier molecular flexibility index (Phi) is 25.0. The van der Waals surface area contributed by atoms with E-state index in [-0.39, 0.29) is 0 Å². The number of nitrogens with two attached hydrogens (primary N) is 1. The first-order valence-corrected chi connectivity index (χ1v) is 26.5. The summed E-state index contributed by atoms with van der Waals surface area (Å²) in [5, 5.41) is 13.6. The maximum atomic E-state index is 10.6. The van der Waals surface area contributed by atoms with Gasteiger partial charge in [-0.15, -0.1) is 0 Å². The molecule has 8 unspecified atom stereocenters. The van der Waals surface area contributed by atoms with Crippen molar-refractivity contribution in [3.8, 4) is 0 Å². The third kappa shape index (κ3) is 18.8. The van der Waals surface area contributed by atoms with Crippen LogP contribution in [0.3, 0.4) is 0 Å². The van der Waals surface area contributed by atoms with Gasteiger partial charge in [-0.2, -0.15) is 48.8 Å². The molecule has 0 aliphatic heterocycles. The molecule has 0 aromatic heterocycles. The predicted octanol–water partition coefficient (Wildman–Crippen LogP) is 11.6. The number of hydrazone groups is 1. The van der Waals surface area contributed by atoms with Gasteiger partial charge >= 0.3 is 0 Å². The number of hydrogen-bond donors (Lipinski definition) is 2. The maximum absolute atomic E-state index is 10.6. The second-order valence-corrected chi connectivity index (χ2v) is 21.5. The van der Waals surface area contributed by atoms with Gasteiger partial charge < -0.3 is 0 Å². The quantitative estimate of drug-likeness (QED) is 0.134. The van der Waals surface area contributed by atoms with Gasteiger partial charge in [0.2, 0.25) is 0 Å². The number of hydrogen-bond acceptors (Lipinski definition) is 7. The lowest BCUT2D eigenvalue weighted by Crippen LogP contribution is -2.34. The second kappa shape index (κ2) is 26.9. The Labute approximate surface area is 336 Å². The standard InChI is InChI=1S/C13H24S.C11H20N2.C11H22S.C7H16N2O2S2/c1-10(11-5-3-4-6-11)12-7-8-13(9-12)14-2;1-4-12-13(3)10(2)11-8-6-5-7-9-11;1-4-5-9(2)10-6-7-11(8-10)12-3;1-12-7-3-2-6(4-7)5-9-13(8,10)11/h10-13H,3-9H2,1-2H3;4,11H,2,5-9H2,1,3H3;9-11H,4-8H2,1-3H3;6-7,9H,2-5H2,1H3,(H2,8,10,11)/b;12-4+;;. The summed E-state index contributed by atoms with van der Waals surface area (Å²) in [6.45, 7) is 13.8. The van der Waals surface area contributed by atoms with Crippen LogP contribution in [0.15, 0.2) is 17.4 Å². The van der Waals surface area contributed by atoms with Crippen LogP contribution in [0, 0.1) is 41.4 Å². The fourth-order valence-electron chi connectivity index (χ4n) is 9.54. The summed E-state index contributed by atoms with van der Waals surface area (Å²) in [5.74, 6) is 6.33. The summed E-state index contributed by atoms with van der Waals surface area (Å²) < 4.78 is 23.6. The second-order valence-electron chi connectivity index (χ2n) is 16.7. The van der Waals surface area contributed by atoms with E-state index in [1.54, 1.807) is 0 Å². The van der Waals surface area contributed by atoms with Crippen molar-refractivity contribution in [2.75, 3.05) is 32.4 Å². The van der Waals surface area contributed by atoms with Crippen molar-refractivity contribution in [2.45, 2.75) is 172 Å². The van der Waals surface area contributed by atoms with Crippen LogP contribution in [-0.4, -0.2) is 67.8 Å². The zero-order valence-electron chi connectivity index (χ0n) is 34.8. The van der Waals surface area contributed by atoms with E-state index >= 15 is 0 Å². The minimum atomic E-state index is -3.49. The van der Waals surface area contributed by atoms with Gasteiger partial charge in [0.15, 0.2) is 0 Å². The van der Waals surface area contributed by atoms with Crippen molar-refractivity contribution in [2.24, 2.45) is 51.7 Å². The van der Waals surface area contributed by atoms with Gasteiger partial charge in [-0.3, -0.25) is 5.01 Å². The molecule has 0 amide bonds. The van der Waals surface area contributed by atoms with E-state index in [1.807, 2.05) is 37.0 Å². The average molecular weight is 803 g/mol. The molecule has 3 N–H and O–H groups in total. The highest BCUT2D eigenvalue weighted by Gasteiger charge is 2.33. The topological polar surface area (TPSA) is 87.8 Å². The van der Waals surface area contributed by atoms with E-state index in [4.69, 9.17) is 5.14 Å². The summed E-state index contributed by atoms with van der Waals surface area (Å²) in [4.78, 5) is 0. The lowest BCUT2D eigenvalue weighted by atomic mass is 9.81.